The topological polar surface area (TPSA) is 22.0 Å². The molecule has 1 rings (SSSR count). The highest BCUT2D eigenvalue weighted by Crippen LogP contribution is 2.20. The van der Waals surface area contributed by atoms with Crippen molar-refractivity contribution in [2.45, 2.75) is 20.4 Å². The van der Waals surface area contributed by atoms with Crippen molar-refractivity contribution >= 4 is 44.5 Å². The second-order valence-electron chi connectivity index (χ2n) is 4.26. The highest BCUT2D eigenvalue weighted by atomic mass is 79.9. The monoisotopic (exact) mass is 353 g/mol. The van der Waals surface area contributed by atoms with Crippen LogP contribution in [-0.4, -0.2) is 10.3 Å². The van der Waals surface area contributed by atoms with Gasteiger partial charge in [0.25, 0.3) is 5.56 Å². The van der Waals surface area contributed by atoms with Crippen molar-refractivity contribution in [2.24, 2.45) is 5.41 Å². The summed E-state index contributed by atoms with van der Waals surface area (Å²) in [6.07, 6.45) is 1.80. The predicted octanol–water partition coefficient (Wildman–Crippen LogP) is 3.33. The maximum absolute atomic E-state index is 11.8. The normalized spacial score (nSPS) is 11.8. The number of pyridine rings is 1. The van der Waals surface area contributed by atoms with Crippen LogP contribution >= 0.6 is 44.5 Å². The first-order valence-electron chi connectivity index (χ1n) is 4.52. The highest BCUT2D eigenvalue weighted by Gasteiger charge is 2.17. The molecule has 0 spiro atoms. The van der Waals surface area contributed by atoms with Gasteiger partial charge in [-0.2, -0.15) is 12.6 Å². The van der Waals surface area contributed by atoms with E-state index >= 15 is 0 Å². The molecule has 2 nitrogen and oxygen atoms in total. The van der Waals surface area contributed by atoms with Crippen LogP contribution < -0.4 is 5.56 Å². The maximum atomic E-state index is 11.8. The number of nitrogens with zero attached hydrogens (tertiary/aromatic N) is 1. The molecular formula is C10H13Br2NOS. The second kappa shape index (κ2) is 5.06. The highest BCUT2D eigenvalue weighted by molar-refractivity contribution is 9.11. The van der Waals surface area contributed by atoms with Crippen molar-refractivity contribution in [3.05, 3.63) is 31.6 Å². The van der Waals surface area contributed by atoms with Gasteiger partial charge in [-0.15, -0.1) is 0 Å². The molecule has 0 N–H and O–H groups in total. The Labute approximate surface area is 112 Å². The van der Waals surface area contributed by atoms with E-state index in [0.29, 0.717) is 11.0 Å². The van der Waals surface area contributed by atoms with Crippen molar-refractivity contribution in [1.29, 1.82) is 0 Å². The minimum Gasteiger partial charge on any atom is -0.313 e. The van der Waals surface area contributed by atoms with Gasteiger partial charge in [-0.05, 0) is 49.1 Å². The fourth-order valence-electron chi connectivity index (χ4n) is 1.19. The van der Waals surface area contributed by atoms with E-state index in [-0.39, 0.29) is 11.0 Å². The quantitative estimate of drug-likeness (QED) is 0.826. The molecule has 0 aliphatic carbocycles. The molecular weight excluding hydrogens is 342 g/mol. The van der Waals surface area contributed by atoms with Crippen LogP contribution in [0.1, 0.15) is 13.8 Å². The first kappa shape index (κ1) is 13.3. The number of halogens is 2. The Hall–Kier alpha value is 0.260. The van der Waals surface area contributed by atoms with Gasteiger partial charge in [-0.25, -0.2) is 0 Å². The van der Waals surface area contributed by atoms with E-state index in [4.69, 9.17) is 0 Å². The fraction of sp³-hybridized carbons (Fsp3) is 0.500. The Kier molecular flexibility index (Phi) is 4.50. The summed E-state index contributed by atoms with van der Waals surface area (Å²) >= 11 is 10.9. The molecule has 0 unspecified atom stereocenters. The molecule has 0 saturated heterocycles. The molecule has 0 aliphatic rings. The molecule has 1 aromatic rings. The lowest BCUT2D eigenvalue weighted by Gasteiger charge is -2.23. The average Bonchev–Trinajstić information content (AvgIpc) is 2.13. The van der Waals surface area contributed by atoms with Gasteiger partial charge in [-0.3, -0.25) is 4.79 Å². The third-order valence-electron chi connectivity index (χ3n) is 2.04. The van der Waals surface area contributed by atoms with E-state index in [9.17, 15) is 4.79 Å². The number of thiol groups is 1. The van der Waals surface area contributed by atoms with Crippen LogP contribution in [0, 0.1) is 5.41 Å². The van der Waals surface area contributed by atoms with Crippen molar-refractivity contribution < 1.29 is 0 Å². The van der Waals surface area contributed by atoms with Crippen LogP contribution in [0.15, 0.2) is 26.0 Å². The van der Waals surface area contributed by atoms with Gasteiger partial charge in [-0.1, -0.05) is 13.8 Å². The molecule has 0 saturated carbocycles. The van der Waals surface area contributed by atoms with E-state index in [1.54, 1.807) is 16.8 Å². The van der Waals surface area contributed by atoms with E-state index in [1.807, 2.05) is 0 Å². The SMILES string of the molecule is CC(C)(CS)Cn1cc(Br)cc(Br)c1=O. The molecule has 1 heterocycles. The Balaban J connectivity index is 3.11. The van der Waals surface area contributed by atoms with Crippen LogP contribution in [0.2, 0.25) is 0 Å². The minimum absolute atomic E-state index is 0.00643. The first-order valence-corrected chi connectivity index (χ1v) is 6.74. The minimum atomic E-state index is -0.00643. The molecule has 0 radical (unpaired) electrons. The molecule has 0 bridgehead atoms. The number of hydrogen-bond acceptors (Lipinski definition) is 2. The van der Waals surface area contributed by atoms with Gasteiger partial charge < -0.3 is 4.57 Å². The zero-order valence-corrected chi connectivity index (χ0v) is 12.7. The van der Waals surface area contributed by atoms with Gasteiger partial charge >= 0.3 is 0 Å². The van der Waals surface area contributed by atoms with Crippen molar-refractivity contribution in [2.75, 3.05) is 5.75 Å². The molecule has 0 amide bonds. The molecule has 0 atom stereocenters. The molecule has 0 fully saturated rings. The number of hydrogen-bond donors (Lipinski definition) is 1. The summed E-state index contributed by atoms with van der Waals surface area (Å²) in [7, 11) is 0. The van der Waals surface area contributed by atoms with Gasteiger partial charge in [0.15, 0.2) is 0 Å². The van der Waals surface area contributed by atoms with Crippen LogP contribution in [-0.2, 0) is 6.54 Å². The van der Waals surface area contributed by atoms with Crippen LogP contribution in [0.25, 0.3) is 0 Å². The van der Waals surface area contributed by atoms with Gasteiger partial charge in [0.2, 0.25) is 0 Å². The average molecular weight is 355 g/mol. The summed E-state index contributed by atoms with van der Waals surface area (Å²) < 4.78 is 3.17. The summed E-state index contributed by atoms with van der Waals surface area (Å²) in [5, 5.41) is 0. The Morgan fingerprint density at radius 1 is 1.47 bits per heavy atom. The zero-order valence-electron chi connectivity index (χ0n) is 8.63. The smallest absolute Gasteiger partial charge is 0.264 e. The molecule has 5 heteroatoms. The third-order valence-corrected chi connectivity index (χ3v) is 3.89. The lowest BCUT2D eigenvalue weighted by molar-refractivity contribution is 0.346. The fourth-order valence-corrected chi connectivity index (χ4v) is 2.55. The van der Waals surface area contributed by atoms with Gasteiger partial charge in [0, 0.05) is 17.2 Å². The Morgan fingerprint density at radius 2 is 2.07 bits per heavy atom. The van der Waals surface area contributed by atoms with Crippen LogP contribution in [0.4, 0.5) is 0 Å². The third kappa shape index (κ3) is 3.64. The molecule has 1 aromatic heterocycles. The maximum Gasteiger partial charge on any atom is 0.264 e. The molecule has 84 valence electrons. The summed E-state index contributed by atoms with van der Waals surface area (Å²) in [5.74, 6) is 0.740. The molecule has 0 aromatic carbocycles. The van der Waals surface area contributed by atoms with Crippen molar-refractivity contribution in [1.82, 2.24) is 4.57 Å². The molecule has 15 heavy (non-hydrogen) atoms. The van der Waals surface area contributed by atoms with E-state index < -0.39 is 0 Å². The predicted molar refractivity (Wildman–Crippen MR) is 73.7 cm³/mol. The summed E-state index contributed by atoms with van der Waals surface area (Å²) in [4.78, 5) is 11.8. The van der Waals surface area contributed by atoms with Gasteiger partial charge in [0.05, 0.1) is 4.47 Å². The number of rotatable bonds is 3. The Bertz CT molecular complexity index is 414. The lowest BCUT2D eigenvalue weighted by atomic mass is 9.96. The van der Waals surface area contributed by atoms with Crippen LogP contribution in [0.3, 0.4) is 0 Å². The molecule has 0 aliphatic heterocycles. The van der Waals surface area contributed by atoms with Crippen molar-refractivity contribution in [3.8, 4) is 0 Å². The van der Waals surface area contributed by atoms with Crippen molar-refractivity contribution in [3.63, 3.8) is 0 Å². The number of aromatic nitrogens is 1. The van der Waals surface area contributed by atoms with Crippen LogP contribution in [0.5, 0.6) is 0 Å². The zero-order chi connectivity index (χ0) is 11.6. The summed E-state index contributed by atoms with van der Waals surface area (Å²) in [5.41, 5.74) is 0.000687. The first-order chi connectivity index (χ1) is 6.85. The summed E-state index contributed by atoms with van der Waals surface area (Å²) in [6.45, 7) is 4.83. The summed E-state index contributed by atoms with van der Waals surface area (Å²) in [6, 6.07) is 1.76. The Morgan fingerprint density at radius 3 is 2.60 bits per heavy atom. The largest absolute Gasteiger partial charge is 0.313 e. The lowest BCUT2D eigenvalue weighted by Crippen LogP contribution is -2.29. The van der Waals surface area contributed by atoms with E-state index in [2.05, 4.69) is 58.3 Å². The van der Waals surface area contributed by atoms with E-state index in [0.717, 1.165) is 10.2 Å². The second-order valence-corrected chi connectivity index (χ2v) is 6.35. The van der Waals surface area contributed by atoms with Gasteiger partial charge in [0.1, 0.15) is 0 Å². The standard InChI is InChI=1S/C10H13Br2NOS/c1-10(2,6-15)5-13-4-7(11)3-8(12)9(13)14/h3-4,15H,5-6H2,1-2H3. The van der Waals surface area contributed by atoms with E-state index in [1.165, 1.54) is 0 Å².